The molecule has 1 saturated heterocycles. The van der Waals surface area contributed by atoms with Crippen LogP contribution >= 0.6 is 11.6 Å². The number of amides is 1. The minimum Gasteiger partial charge on any atom is -0.322 e. The molecule has 0 aliphatic carbocycles. The molecule has 1 N–H and O–H groups in total. The molecular weight excluding hydrogens is 252 g/mol. The van der Waals surface area contributed by atoms with E-state index in [9.17, 15) is 4.79 Å². The zero-order chi connectivity index (χ0) is 13.0. The lowest BCUT2D eigenvalue weighted by molar-refractivity contribution is -0.117. The van der Waals surface area contributed by atoms with Gasteiger partial charge in [0, 0.05) is 32.4 Å². The summed E-state index contributed by atoms with van der Waals surface area (Å²) >= 11 is 5.88. The van der Waals surface area contributed by atoms with Gasteiger partial charge in [0.2, 0.25) is 5.91 Å². The quantitative estimate of drug-likeness (QED) is 0.829. The Kier molecular flexibility index (Phi) is 4.52. The molecule has 2 heterocycles. The van der Waals surface area contributed by atoms with Crippen molar-refractivity contribution in [3.8, 4) is 0 Å². The molecule has 18 heavy (non-hydrogen) atoms. The number of aromatic nitrogens is 1. The summed E-state index contributed by atoms with van der Waals surface area (Å²) in [4.78, 5) is 20.2. The molecule has 0 atom stereocenters. The van der Waals surface area contributed by atoms with Gasteiger partial charge in [0.15, 0.2) is 5.15 Å². The molecule has 0 radical (unpaired) electrons. The molecule has 1 aliphatic rings. The van der Waals surface area contributed by atoms with E-state index in [2.05, 4.69) is 27.1 Å². The fourth-order valence-electron chi connectivity index (χ4n) is 1.88. The molecule has 1 fully saturated rings. The van der Waals surface area contributed by atoms with Gasteiger partial charge in [0.1, 0.15) is 0 Å². The lowest BCUT2D eigenvalue weighted by Crippen LogP contribution is -2.47. The Morgan fingerprint density at radius 1 is 1.44 bits per heavy atom. The third-order valence-electron chi connectivity index (χ3n) is 3.00. The van der Waals surface area contributed by atoms with Crippen molar-refractivity contribution >= 4 is 23.2 Å². The molecule has 1 amide bonds. The van der Waals surface area contributed by atoms with Gasteiger partial charge in [-0.05, 0) is 19.2 Å². The Bertz CT molecular complexity index is 418. The number of anilines is 1. The zero-order valence-corrected chi connectivity index (χ0v) is 11.2. The summed E-state index contributed by atoms with van der Waals surface area (Å²) in [5, 5.41) is 3.10. The van der Waals surface area contributed by atoms with Gasteiger partial charge in [0.05, 0.1) is 12.2 Å². The Balaban J connectivity index is 1.84. The van der Waals surface area contributed by atoms with Crippen LogP contribution in [-0.2, 0) is 4.79 Å². The molecule has 6 heteroatoms. The van der Waals surface area contributed by atoms with E-state index in [0.717, 1.165) is 26.2 Å². The molecule has 1 aromatic heterocycles. The summed E-state index contributed by atoms with van der Waals surface area (Å²) in [7, 11) is 2.09. The fourth-order valence-corrected chi connectivity index (χ4v) is 2.04. The summed E-state index contributed by atoms with van der Waals surface area (Å²) in [5.74, 6) is -0.0468. The van der Waals surface area contributed by atoms with Gasteiger partial charge in [-0.25, -0.2) is 4.98 Å². The third kappa shape index (κ3) is 3.66. The Hall–Kier alpha value is -1.17. The topological polar surface area (TPSA) is 48.5 Å². The highest BCUT2D eigenvalue weighted by Gasteiger charge is 2.16. The molecule has 0 aromatic carbocycles. The number of carbonyl (C=O) groups is 1. The van der Waals surface area contributed by atoms with Crippen molar-refractivity contribution in [3.63, 3.8) is 0 Å². The first kappa shape index (κ1) is 13.3. The van der Waals surface area contributed by atoms with Crippen molar-refractivity contribution < 1.29 is 4.79 Å². The highest BCUT2D eigenvalue weighted by molar-refractivity contribution is 6.32. The molecular formula is C12H17ClN4O. The maximum absolute atomic E-state index is 11.9. The molecule has 2 rings (SSSR count). The summed E-state index contributed by atoms with van der Waals surface area (Å²) < 4.78 is 0. The molecule has 1 aliphatic heterocycles. The van der Waals surface area contributed by atoms with Crippen molar-refractivity contribution in [2.45, 2.75) is 0 Å². The number of carbonyl (C=O) groups excluding carboxylic acids is 1. The van der Waals surface area contributed by atoms with E-state index in [0.29, 0.717) is 17.4 Å². The maximum Gasteiger partial charge on any atom is 0.238 e. The smallest absolute Gasteiger partial charge is 0.238 e. The average molecular weight is 269 g/mol. The van der Waals surface area contributed by atoms with Crippen LogP contribution in [0.1, 0.15) is 0 Å². The van der Waals surface area contributed by atoms with Crippen molar-refractivity contribution in [1.82, 2.24) is 14.8 Å². The van der Waals surface area contributed by atoms with Gasteiger partial charge in [-0.15, -0.1) is 0 Å². The molecule has 0 saturated carbocycles. The van der Waals surface area contributed by atoms with Crippen LogP contribution in [0, 0.1) is 0 Å². The Morgan fingerprint density at radius 2 is 2.17 bits per heavy atom. The summed E-state index contributed by atoms with van der Waals surface area (Å²) in [5.41, 5.74) is 0.568. The van der Waals surface area contributed by atoms with E-state index in [1.807, 2.05) is 0 Å². The van der Waals surface area contributed by atoms with Crippen LogP contribution in [0.4, 0.5) is 5.69 Å². The highest BCUT2D eigenvalue weighted by atomic mass is 35.5. The Morgan fingerprint density at radius 3 is 2.83 bits per heavy atom. The zero-order valence-electron chi connectivity index (χ0n) is 10.4. The number of nitrogens with zero attached hydrogens (tertiary/aromatic N) is 3. The second kappa shape index (κ2) is 6.13. The van der Waals surface area contributed by atoms with Crippen LogP contribution in [0.2, 0.25) is 5.15 Å². The predicted molar refractivity (Wildman–Crippen MR) is 71.8 cm³/mol. The van der Waals surface area contributed by atoms with E-state index in [1.165, 1.54) is 0 Å². The van der Waals surface area contributed by atoms with Crippen LogP contribution in [0.25, 0.3) is 0 Å². The number of rotatable bonds is 3. The predicted octanol–water partition coefficient (Wildman–Crippen LogP) is 0.921. The van der Waals surface area contributed by atoms with Gasteiger partial charge >= 0.3 is 0 Å². The second-order valence-electron chi connectivity index (χ2n) is 4.47. The second-order valence-corrected chi connectivity index (χ2v) is 4.83. The number of piperazine rings is 1. The van der Waals surface area contributed by atoms with Gasteiger partial charge in [-0.2, -0.15) is 0 Å². The van der Waals surface area contributed by atoms with E-state index < -0.39 is 0 Å². The van der Waals surface area contributed by atoms with Gasteiger partial charge in [-0.1, -0.05) is 11.6 Å². The maximum atomic E-state index is 11.9. The first-order valence-corrected chi connectivity index (χ1v) is 6.34. The third-order valence-corrected chi connectivity index (χ3v) is 3.30. The molecule has 0 spiro atoms. The van der Waals surface area contributed by atoms with E-state index in [4.69, 9.17) is 11.6 Å². The normalized spacial score (nSPS) is 17.7. The van der Waals surface area contributed by atoms with Crippen molar-refractivity contribution in [2.24, 2.45) is 0 Å². The van der Waals surface area contributed by atoms with Crippen LogP contribution in [0.3, 0.4) is 0 Å². The number of likely N-dealkylation sites (N-methyl/N-ethyl adjacent to an activating group) is 1. The fraction of sp³-hybridized carbons (Fsp3) is 0.500. The monoisotopic (exact) mass is 268 g/mol. The first-order valence-electron chi connectivity index (χ1n) is 5.96. The van der Waals surface area contributed by atoms with E-state index >= 15 is 0 Å². The molecule has 0 unspecified atom stereocenters. The number of nitrogens with one attached hydrogen (secondary N) is 1. The minimum absolute atomic E-state index is 0.0468. The number of halogens is 1. The van der Waals surface area contributed by atoms with Crippen molar-refractivity contribution in [1.29, 1.82) is 0 Å². The molecule has 1 aromatic rings. The summed E-state index contributed by atoms with van der Waals surface area (Å²) in [6, 6.07) is 3.49. The van der Waals surface area contributed by atoms with Crippen molar-refractivity contribution in [3.05, 3.63) is 23.5 Å². The van der Waals surface area contributed by atoms with Crippen LogP contribution in [0.5, 0.6) is 0 Å². The molecule has 98 valence electrons. The number of hydrogen-bond donors (Lipinski definition) is 1. The minimum atomic E-state index is -0.0468. The van der Waals surface area contributed by atoms with Gasteiger partial charge in [0.25, 0.3) is 0 Å². The van der Waals surface area contributed by atoms with Crippen LogP contribution in [-0.4, -0.2) is 60.5 Å². The van der Waals surface area contributed by atoms with Gasteiger partial charge < -0.3 is 10.2 Å². The SMILES string of the molecule is CN1CCN(CC(=O)Nc2cccnc2Cl)CC1. The first-order chi connectivity index (χ1) is 8.65. The Labute approximate surface area is 112 Å². The lowest BCUT2D eigenvalue weighted by Gasteiger charge is -2.31. The summed E-state index contributed by atoms with van der Waals surface area (Å²) in [6.07, 6.45) is 1.60. The largest absolute Gasteiger partial charge is 0.322 e. The highest BCUT2D eigenvalue weighted by Crippen LogP contribution is 2.17. The van der Waals surface area contributed by atoms with Crippen LogP contribution in [0.15, 0.2) is 18.3 Å². The van der Waals surface area contributed by atoms with E-state index in [-0.39, 0.29) is 5.91 Å². The number of pyridine rings is 1. The number of hydrogen-bond acceptors (Lipinski definition) is 4. The molecule has 5 nitrogen and oxygen atoms in total. The van der Waals surface area contributed by atoms with Gasteiger partial charge in [-0.3, -0.25) is 9.69 Å². The molecule has 0 bridgehead atoms. The standard InChI is InChI=1S/C12H17ClN4O/c1-16-5-7-17(8-6-16)9-11(18)15-10-3-2-4-14-12(10)13/h2-4H,5-9H2,1H3,(H,15,18). The van der Waals surface area contributed by atoms with Crippen LogP contribution < -0.4 is 5.32 Å². The average Bonchev–Trinajstić information content (AvgIpc) is 2.35. The van der Waals surface area contributed by atoms with Crippen molar-refractivity contribution in [2.75, 3.05) is 45.1 Å². The van der Waals surface area contributed by atoms with E-state index in [1.54, 1.807) is 18.3 Å². The summed E-state index contributed by atoms with van der Waals surface area (Å²) in [6.45, 7) is 4.25. The lowest BCUT2D eigenvalue weighted by atomic mass is 10.3.